The second kappa shape index (κ2) is 7.27. The maximum Gasteiger partial charge on any atom is 0.326 e. The van der Waals surface area contributed by atoms with Gasteiger partial charge < -0.3 is 16.2 Å². The lowest BCUT2D eigenvalue weighted by Crippen LogP contribution is -2.44. The van der Waals surface area contributed by atoms with Crippen LogP contribution in [0, 0.1) is 11.8 Å². The quantitative estimate of drug-likeness (QED) is 0.622. The Morgan fingerprint density at radius 1 is 1.24 bits per heavy atom. The molecule has 0 aliphatic carbocycles. The Balaban J connectivity index is 4.26. The minimum Gasteiger partial charge on any atom is -0.480 e. The van der Waals surface area contributed by atoms with E-state index in [1.165, 1.54) is 0 Å². The van der Waals surface area contributed by atoms with Gasteiger partial charge in [-0.05, 0) is 18.3 Å². The number of aliphatic carboxylic acids is 1. The van der Waals surface area contributed by atoms with Gasteiger partial charge >= 0.3 is 5.97 Å². The predicted molar refractivity (Wildman–Crippen MR) is 66.5 cm³/mol. The standard InChI is InChI=1S/C12H24N2O3/c1-7(2)5-10(12(16)17)14-11(15)6-9(13)8(3)4/h7-10H,5-6,13H2,1-4H3,(H,14,15)(H,16,17)/t9?,10-/m1/s1. The summed E-state index contributed by atoms with van der Waals surface area (Å²) < 4.78 is 0. The minimum atomic E-state index is -0.995. The van der Waals surface area contributed by atoms with Gasteiger partial charge in [0.2, 0.25) is 5.91 Å². The molecule has 0 bridgehead atoms. The zero-order chi connectivity index (χ0) is 13.6. The summed E-state index contributed by atoms with van der Waals surface area (Å²) in [5.41, 5.74) is 5.76. The molecule has 5 nitrogen and oxygen atoms in total. The van der Waals surface area contributed by atoms with Gasteiger partial charge in [-0.3, -0.25) is 4.79 Å². The molecule has 0 aliphatic heterocycles. The third-order valence-corrected chi connectivity index (χ3v) is 2.62. The lowest BCUT2D eigenvalue weighted by atomic mass is 10.0. The highest BCUT2D eigenvalue weighted by molar-refractivity contribution is 5.83. The van der Waals surface area contributed by atoms with Crippen molar-refractivity contribution in [3.05, 3.63) is 0 Å². The summed E-state index contributed by atoms with van der Waals surface area (Å²) in [6.07, 6.45) is 0.595. The van der Waals surface area contributed by atoms with Crippen LogP contribution in [0.2, 0.25) is 0 Å². The van der Waals surface area contributed by atoms with Gasteiger partial charge in [0.05, 0.1) is 0 Å². The molecular weight excluding hydrogens is 220 g/mol. The Kier molecular flexibility index (Phi) is 6.80. The molecule has 0 aliphatic rings. The van der Waals surface area contributed by atoms with Crippen LogP contribution in [-0.4, -0.2) is 29.1 Å². The molecular formula is C12H24N2O3. The van der Waals surface area contributed by atoms with E-state index in [9.17, 15) is 9.59 Å². The van der Waals surface area contributed by atoms with Crippen molar-refractivity contribution in [3.63, 3.8) is 0 Å². The number of carbonyl (C=O) groups excluding carboxylic acids is 1. The molecule has 100 valence electrons. The fourth-order valence-electron chi connectivity index (χ4n) is 1.40. The molecule has 0 spiro atoms. The number of hydrogen-bond donors (Lipinski definition) is 3. The van der Waals surface area contributed by atoms with Crippen LogP contribution in [0.5, 0.6) is 0 Å². The maximum absolute atomic E-state index is 11.6. The van der Waals surface area contributed by atoms with E-state index < -0.39 is 12.0 Å². The van der Waals surface area contributed by atoms with Crippen LogP contribution < -0.4 is 11.1 Å². The van der Waals surface area contributed by atoms with E-state index >= 15 is 0 Å². The van der Waals surface area contributed by atoms with E-state index in [2.05, 4.69) is 5.32 Å². The van der Waals surface area contributed by atoms with Crippen molar-refractivity contribution in [1.82, 2.24) is 5.32 Å². The van der Waals surface area contributed by atoms with Gasteiger partial charge in [-0.25, -0.2) is 4.79 Å². The molecule has 0 radical (unpaired) electrons. The van der Waals surface area contributed by atoms with E-state index in [1.54, 1.807) is 0 Å². The molecule has 1 unspecified atom stereocenters. The largest absolute Gasteiger partial charge is 0.480 e. The van der Waals surface area contributed by atoms with Crippen molar-refractivity contribution >= 4 is 11.9 Å². The van der Waals surface area contributed by atoms with Crippen molar-refractivity contribution in [3.8, 4) is 0 Å². The second-order valence-electron chi connectivity index (χ2n) is 5.20. The first-order valence-electron chi connectivity index (χ1n) is 6.01. The highest BCUT2D eigenvalue weighted by atomic mass is 16.4. The molecule has 17 heavy (non-hydrogen) atoms. The second-order valence-corrected chi connectivity index (χ2v) is 5.20. The van der Waals surface area contributed by atoms with Crippen molar-refractivity contribution in [2.24, 2.45) is 17.6 Å². The Labute approximate surface area is 103 Å². The summed E-state index contributed by atoms with van der Waals surface area (Å²) in [6.45, 7) is 7.70. The van der Waals surface area contributed by atoms with E-state index in [0.29, 0.717) is 6.42 Å². The molecule has 1 amide bonds. The number of hydrogen-bond acceptors (Lipinski definition) is 3. The number of carbonyl (C=O) groups is 2. The van der Waals surface area contributed by atoms with E-state index in [4.69, 9.17) is 10.8 Å². The van der Waals surface area contributed by atoms with Crippen molar-refractivity contribution in [2.45, 2.75) is 52.6 Å². The summed E-state index contributed by atoms with van der Waals surface area (Å²) in [5, 5.41) is 11.5. The summed E-state index contributed by atoms with van der Waals surface area (Å²) in [6, 6.07) is -1.05. The molecule has 0 rings (SSSR count). The summed E-state index contributed by atoms with van der Waals surface area (Å²) >= 11 is 0. The summed E-state index contributed by atoms with van der Waals surface area (Å²) in [4.78, 5) is 22.5. The Morgan fingerprint density at radius 2 is 1.76 bits per heavy atom. The maximum atomic E-state index is 11.6. The first-order valence-corrected chi connectivity index (χ1v) is 6.01. The molecule has 0 aromatic heterocycles. The molecule has 2 atom stereocenters. The number of carboxylic acid groups (broad SMARTS) is 1. The van der Waals surface area contributed by atoms with Crippen molar-refractivity contribution in [2.75, 3.05) is 0 Å². The molecule has 0 heterocycles. The molecule has 0 fully saturated rings. The van der Waals surface area contributed by atoms with E-state index in [1.807, 2.05) is 27.7 Å². The van der Waals surface area contributed by atoms with Crippen LogP contribution in [0.15, 0.2) is 0 Å². The lowest BCUT2D eigenvalue weighted by Gasteiger charge is -2.19. The SMILES string of the molecule is CC(C)C[C@@H](NC(=O)CC(N)C(C)C)C(=O)O. The van der Waals surface area contributed by atoms with Gasteiger partial charge in [0.15, 0.2) is 0 Å². The van der Waals surface area contributed by atoms with Gasteiger partial charge in [-0.1, -0.05) is 27.7 Å². The Bertz CT molecular complexity index is 264. The van der Waals surface area contributed by atoms with Crippen LogP contribution >= 0.6 is 0 Å². The number of carboxylic acids is 1. The molecule has 0 saturated heterocycles. The average molecular weight is 244 g/mol. The molecule has 0 saturated carbocycles. The zero-order valence-electron chi connectivity index (χ0n) is 11.1. The molecule has 4 N–H and O–H groups in total. The third-order valence-electron chi connectivity index (χ3n) is 2.62. The number of rotatable bonds is 7. The smallest absolute Gasteiger partial charge is 0.326 e. The first-order chi connectivity index (χ1) is 7.73. The topological polar surface area (TPSA) is 92.4 Å². The Hall–Kier alpha value is -1.10. The van der Waals surface area contributed by atoms with Crippen LogP contribution in [0.25, 0.3) is 0 Å². The predicted octanol–water partition coefficient (Wildman–Crippen LogP) is 0.975. The minimum absolute atomic E-state index is 0.166. The lowest BCUT2D eigenvalue weighted by molar-refractivity contribution is -0.142. The number of nitrogens with one attached hydrogen (secondary N) is 1. The number of amides is 1. The fraction of sp³-hybridized carbons (Fsp3) is 0.833. The Morgan fingerprint density at radius 3 is 2.12 bits per heavy atom. The van der Waals surface area contributed by atoms with Gasteiger partial charge in [-0.2, -0.15) is 0 Å². The normalized spacial score (nSPS) is 14.8. The first kappa shape index (κ1) is 15.9. The molecule has 5 heteroatoms. The highest BCUT2D eigenvalue weighted by Crippen LogP contribution is 2.07. The van der Waals surface area contributed by atoms with Crippen molar-refractivity contribution in [1.29, 1.82) is 0 Å². The van der Waals surface area contributed by atoms with Gasteiger partial charge in [0, 0.05) is 12.5 Å². The van der Waals surface area contributed by atoms with Crippen molar-refractivity contribution < 1.29 is 14.7 Å². The monoisotopic (exact) mass is 244 g/mol. The molecule has 0 aromatic carbocycles. The summed E-state index contributed by atoms with van der Waals surface area (Å²) in [5.74, 6) is -0.867. The molecule has 0 aromatic rings. The van der Waals surface area contributed by atoms with Gasteiger partial charge in [-0.15, -0.1) is 0 Å². The highest BCUT2D eigenvalue weighted by Gasteiger charge is 2.22. The van der Waals surface area contributed by atoms with Crippen LogP contribution in [-0.2, 0) is 9.59 Å². The fourth-order valence-corrected chi connectivity index (χ4v) is 1.40. The van der Waals surface area contributed by atoms with Crippen LogP contribution in [0.4, 0.5) is 0 Å². The van der Waals surface area contributed by atoms with Crippen LogP contribution in [0.1, 0.15) is 40.5 Å². The zero-order valence-corrected chi connectivity index (χ0v) is 11.1. The van der Waals surface area contributed by atoms with Crippen LogP contribution in [0.3, 0.4) is 0 Å². The van der Waals surface area contributed by atoms with Gasteiger partial charge in [0.25, 0.3) is 0 Å². The average Bonchev–Trinajstić information content (AvgIpc) is 2.15. The van der Waals surface area contributed by atoms with E-state index in [-0.39, 0.29) is 30.2 Å². The number of nitrogens with two attached hydrogens (primary N) is 1. The van der Waals surface area contributed by atoms with E-state index in [0.717, 1.165) is 0 Å². The summed E-state index contributed by atoms with van der Waals surface area (Å²) in [7, 11) is 0. The van der Waals surface area contributed by atoms with Gasteiger partial charge in [0.1, 0.15) is 6.04 Å². The third kappa shape index (κ3) is 6.94.